The van der Waals surface area contributed by atoms with Gasteiger partial charge in [-0.3, -0.25) is 4.79 Å². The van der Waals surface area contributed by atoms with Gasteiger partial charge in [0.25, 0.3) is 0 Å². The number of methoxy groups -OCH3 is 1. The monoisotopic (exact) mass is 369 g/mol. The van der Waals surface area contributed by atoms with Crippen LogP contribution in [0.15, 0.2) is 59.5 Å². The molecule has 5 nitrogen and oxygen atoms in total. The first-order valence-electron chi connectivity index (χ1n) is 8.36. The zero-order valence-electron chi connectivity index (χ0n) is 14.7. The molecule has 1 aromatic heterocycles. The third kappa shape index (κ3) is 3.89. The number of aromatic nitrogens is 2. The maximum Gasteiger partial charge on any atom is 0.316 e. The third-order valence-corrected chi connectivity index (χ3v) is 4.45. The molecular weight excluding hydrogens is 350 g/mol. The molecule has 0 bridgehead atoms. The van der Waals surface area contributed by atoms with Gasteiger partial charge in [0.15, 0.2) is 0 Å². The smallest absolute Gasteiger partial charge is 0.316 e. The lowest BCUT2D eigenvalue weighted by Gasteiger charge is -2.17. The Balaban J connectivity index is 2.04. The van der Waals surface area contributed by atoms with Crippen molar-refractivity contribution >= 4 is 23.2 Å². The number of halogens is 1. The second-order valence-corrected chi connectivity index (χ2v) is 6.20. The fraction of sp³-hybridized carbons (Fsp3) is 0.200. The summed E-state index contributed by atoms with van der Waals surface area (Å²) < 4.78 is 7.00. The van der Waals surface area contributed by atoms with Gasteiger partial charge in [0.05, 0.1) is 19.9 Å². The van der Waals surface area contributed by atoms with Crippen molar-refractivity contribution in [3.8, 4) is 5.75 Å². The average molecular weight is 370 g/mol. The summed E-state index contributed by atoms with van der Waals surface area (Å²) in [6.45, 7) is 2.58. The minimum absolute atomic E-state index is 0.202. The van der Waals surface area contributed by atoms with Gasteiger partial charge in [-0.2, -0.15) is 4.98 Å². The van der Waals surface area contributed by atoms with Crippen LogP contribution >= 0.6 is 11.6 Å². The summed E-state index contributed by atoms with van der Waals surface area (Å²) in [6, 6.07) is 15.6. The van der Waals surface area contributed by atoms with Crippen molar-refractivity contribution in [2.24, 2.45) is 0 Å². The Morgan fingerprint density at radius 3 is 2.62 bits per heavy atom. The summed E-state index contributed by atoms with van der Waals surface area (Å²) in [5, 5.41) is 3.94. The summed E-state index contributed by atoms with van der Waals surface area (Å²) in [5.74, 6) is 0.643. The molecule has 6 heteroatoms. The molecule has 134 valence electrons. The largest absolute Gasteiger partial charge is 0.490 e. The van der Waals surface area contributed by atoms with Crippen LogP contribution in [0.25, 0.3) is 0 Å². The number of hydrogen-bond donors (Lipinski definition) is 1. The number of ether oxygens (including phenoxy) is 1. The average Bonchev–Trinajstić information content (AvgIpc) is 2.65. The zero-order valence-corrected chi connectivity index (χ0v) is 15.5. The van der Waals surface area contributed by atoms with Crippen LogP contribution in [0.3, 0.4) is 0 Å². The Morgan fingerprint density at radius 1 is 1.15 bits per heavy atom. The highest BCUT2D eigenvalue weighted by atomic mass is 35.5. The quantitative estimate of drug-likeness (QED) is 0.705. The standard InChI is InChI=1S/C20H20ClN3O2/c1-3-15-16(21)10-7-11-17(15)22-20-23-19(25)18(26-2)13-24(20)12-14-8-5-4-6-9-14/h4-11,13H,3,12H2,1-2H3,(H,22,23,25). The van der Waals surface area contributed by atoms with Crippen molar-refractivity contribution in [3.05, 3.63) is 81.2 Å². The van der Waals surface area contributed by atoms with E-state index in [1.807, 2.05) is 60.0 Å². The van der Waals surface area contributed by atoms with E-state index < -0.39 is 5.56 Å². The molecule has 0 fully saturated rings. The van der Waals surface area contributed by atoms with E-state index in [0.717, 1.165) is 23.2 Å². The number of nitrogens with zero attached hydrogens (tertiary/aromatic N) is 2. The highest BCUT2D eigenvalue weighted by molar-refractivity contribution is 6.31. The van der Waals surface area contributed by atoms with Gasteiger partial charge < -0.3 is 14.6 Å². The van der Waals surface area contributed by atoms with Crippen LogP contribution in [0.1, 0.15) is 18.1 Å². The minimum atomic E-state index is -0.417. The molecule has 0 aliphatic rings. The molecule has 2 aromatic carbocycles. The molecular formula is C20H20ClN3O2. The van der Waals surface area contributed by atoms with Crippen molar-refractivity contribution in [3.63, 3.8) is 0 Å². The van der Waals surface area contributed by atoms with Gasteiger partial charge in [-0.05, 0) is 29.7 Å². The van der Waals surface area contributed by atoms with Crippen LogP contribution in [0.5, 0.6) is 5.75 Å². The van der Waals surface area contributed by atoms with E-state index in [-0.39, 0.29) is 5.75 Å². The first-order valence-corrected chi connectivity index (χ1v) is 8.74. The second-order valence-electron chi connectivity index (χ2n) is 5.80. The highest BCUT2D eigenvalue weighted by Gasteiger charge is 2.12. The van der Waals surface area contributed by atoms with Gasteiger partial charge in [0.1, 0.15) is 0 Å². The van der Waals surface area contributed by atoms with Gasteiger partial charge >= 0.3 is 5.56 Å². The van der Waals surface area contributed by atoms with Crippen molar-refractivity contribution in [2.45, 2.75) is 19.9 Å². The lowest BCUT2D eigenvalue weighted by Crippen LogP contribution is -2.19. The maximum absolute atomic E-state index is 12.2. The fourth-order valence-electron chi connectivity index (χ4n) is 2.77. The molecule has 0 saturated heterocycles. The normalized spacial score (nSPS) is 10.6. The third-order valence-electron chi connectivity index (χ3n) is 4.10. The number of benzene rings is 2. The first-order chi connectivity index (χ1) is 12.6. The topological polar surface area (TPSA) is 56.1 Å². The predicted molar refractivity (Wildman–Crippen MR) is 105 cm³/mol. The molecule has 26 heavy (non-hydrogen) atoms. The molecule has 0 atom stereocenters. The number of hydrogen-bond acceptors (Lipinski definition) is 4. The van der Waals surface area contributed by atoms with Crippen LogP contribution in [0.2, 0.25) is 5.02 Å². The molecule has 0 radical (unpaired) electrons. The van der Waals surface area contributed by atoms with Gasteiger partial charge in [-0.25, -0.2) is 0 Å². The molecule has 0 aliphatic carbocycles. The fourth-order valence-corrected chi connectivity index (χ4v) is 3.08. The van der Waals surface area contributed by atoms with Crippen LogP contribution < -0.4 is 15.6 Å². The van der Waals surface area contributed by atoms with E-state index >= 15 is 0 Å². The van der Waals surface area contributed by atoms with E-state index in [9.17, 15) is 4.79 Å². The number of anilines is 2. The van der Waals surface area contributed by atoms with Crippen LogP contribution in [-0.2, 0) is 13.0 Å². The van der Waals surface area contributed by atoms with E-state index in [4.69, 9.17) is 16.3 Å². The van der Waals surface area contributed by atoms with Crippen molar-refractivity contribution in [1.29, 1.82) is 0 Å². The van der Waals surface area contributed by atoms with E-state index in [2.05, 4.69) is 10.3 Å². The van der Waals surface area contributed by atoms with Crippen molar-refractivity contribution in [2.75, 3.05) is 12.4 Å². The molecule has 0 amide bonds. The summed E-state index contributed by atoms with van der Waals surface area (Å²) >= 11 is 6.30. The van der Waals surface area contributed by atoms with Gasteiger partial charge in [0.2, 0.25) is 11.7 Å². The van der Waals surface area contributed by atoms with Gasteiger partial charge in [-0.1, -0.05) is 54.9 Å². The predicted octanol–water partition coefficient (Wildman–Crippen LogP) is 4.26. The highest BCUT2D eigenvalue weighted by Crippen LogP contribution is 2.27. The SMILES string of the molecule is CCc1c(Cl)cccc1Nc1nc(=O)c(OC)cn1Cc1ccccc1. The molecule has 1 N–H and O–H groups in total. The van der Waals surface area contributed by atoms with Crippen molar-refractivity contribution in [1.82, 2.24) is 9.55 Å². The zero-order chi connectivity index (χ0) is 18.5. The van der Waals surface area contributed by atoms with Gasteiger partial charge in [-0.15, -0.1) is 0 Å². The number of rotatable bonds is 6. The van der Waals surface area contributed by atoms with E-state index in [0.29, 0.717) is 17.5 Å². The summed E-state index contributed by atoms with van der Waals surface area (Å²) in [6.07, 6.45) is 2.43. The van der Waals surface area contributed by atoms with E-state index in [1.54, 1.807) is 6.20 Å². The molecule has 3 aromatic rings. The maximum atomic E-state index is 12.2. The molecule has 1 heterocycles. The van der Waals surface area contributed by atoms with E-state index in [1.165, 1.54) is 7.11 Å². The summed E-state index contributed by atoms with van der Waals surface area (Å²) in [4.78, 5) is 16.3. The van der Waals surface area contributed by atoms with Gasteiger partial charge in [0, 0.05) is 10.7 Å². The molecule has 0 aliphatic heterocycles. The first kappa shape index (κ1) is 18.0. The minimum Gasteiger partial charge on any atom is -0.490 e. The Kier molecular flexibility index (Phi) is 5.58. The lowest BCUT2D eigenvalue weighted by atomic mass is 10.1. The van der Waals surface area contributed by atoms with Crippen molar-refractivity contribution < 1.29 is 4.74 Å². The molecule has 0 saturated carbocycles. The second kappa shape index (κ2) is 8.06. The Hall–Kier alpha value is -2.79. The molecule has 3 rings (SSSR count). The Labute approximate surface area is 157 Å². The molecule has 0 spiro atoms. The van der Waals surface area contributed by atoms with Crippen LogP contribution in [-0.4, -0.2) is 16.7 Å². The Bertz CT molecular complexity index is 955. The van der Waals surface area contributed by atoms with Crippen LogP contribution in [0.4, 0.5) is 11.6 Å². The number of nitrogens with one attached hydrogen (secondary N) is 1. The molecule has 0 unspecified atom stereocenters. The van der Waals surface area contributed by atoms with Crippen LogP contribution in [0, 0.1) is 0 Å². The Morgan fingerprint density at radius 2 is 1.92 bits per heavy atom. The summed E-state index contributed by atoms with van der Waals surface area (Å²) in [5.41, 5.74) is 2.48. The summed E-state index contributed by atoms with van der Waals surface area (Å²) in [7, 11) is 1.46. The lowest BCUT2D eigenvalue weighted by molar-refractivity contribution is 0.402.